The van der Waals surface area contributed by atoms with E-state index in [9.17, 15) is 8.42 Å². The number of nitrogens with two attached hydrogens (primary N) is 1. The molecule has 0 aliphatic carbocycles. The van der Waals surface area contributed by atoms with Crippen LogP contribution in [-0.4, -0.2) is 37.8 Å². The predicted molar refractivity (Wildman–Crippen MR) is 90.7 cm³/mol. The number of nitrogen functional groups attached to an aromatic ring is 1. The molecule has 4 nitrogen and oxygen atoms in total. The van der Waals surface area contributed by atoms with E-state index < -0.39 is 10.0 Å². The molecule has 0 aromatic heterocycles. The maximum Gasteiger partial charge on any atom is 0.243 e. The number of nitrogens with zero attached hydrogens (tertiary/aromatic N) is 1. The van der Waals surface area contributed by atoms with Crippen LogP contribution >= 0.6 is 27.7 Å². The van der Waals surface area contributed by atoms with Gasteiger partial charge in [0.1, 0.15) is 0 Å². The smallest absolute Gasteiger partial charge is 0.243 e. The molecule has 0 radical (unpaired) electrons. The van der Waals surface area contributed by atoms with E-state index >= 15 is 0 Å². The second-order valence-electron chi connectivity index (χ2n) is 4.77. The lowest BCUT2D eigenvalue weighted by atomic mass is 10.2. The van der Waals surface area contributed by atoms with Crippen molar-refractivity contribution in [2.24, 2.45) is 0 Å². The van der Waals surface area contributed by atoms with Crippen LogP contribution in [0.3, 0.4) is 0 Å². The van der Waals surface area contributed by atoms with Crippen LogP contribution in [0.2, 0.25) is 0 Å². The quantitative estimate of drug-likeness (QED) is 0.770. The topological polar surface area (TPSA) is 63.4 Å². The van der Waals surface area contributed by atoms with Gasteiger partial charge in [-0.05, 0) is 50.0 Å². The fourth-order valence-corrected chi connectivity index (χ4v) is 4.68. The zero-order valence-corrected chi connectivity index (χ0v) is 15.4. The molecule has 7 heteroatoms. The van der Waals surface area contributed by atoms with Crippen LogP contribution in [0.15, 0.2) is 21.5 Å². The van der Waals surface area contributed by atoms with Gasteiger partial charge in [-0.25, -0.2) is 8.42 Å². The van der Waals surface area contributed by atoms with Crippen molar-refractivity contribution in [3.63, 3.8) is 0 Å². The van der Waals surface area contributed by atoms with Crippen LogP contribution in [0.1, 0.15) is 18.9 Å². The maximum atomic E-state index is 12.7. The Morgan fingerprint density at radius 1 is 1.45 bits per heavy atom. The first-order chi connectivity index (χ1) is 9.21. The van der Waals surface area contributed by atoms with Crippen LogP contribution in [0.4, 0.5) is 5.69 Å². The summed E-state index contributed by atoms with van der Waals surface area (Å²) in [5, 5.41) is 0. The number of benzene rings is 1. The Morgan fingerprint density at radius 2 is 2.05 bits per heavy atom. The predicted octanol–water partition coefficient (Wildman–Crippen LogP) is 3.10. The highest BCUT2D eigenvalue weighted by atomic mass is 79.9. The van der Waals surface area contributed by atoms with Gasteiger partial charge in [-0.1, -0.05) is 15.9 Å². The van der Waals surface area contributed by atoms with E-state index in [4.69, 9.17) is 5.73 Å². The number of halogens is 1. The van der Waals surface area contributed by atoms with Crippen molar-refractivity contribution in [1.29, 1.82) is 0 Å². The van der Waals surface area contributed by atoms with Gasteiger partial charge in [0, 0.05) is 23.2 Å². The number of thioether (sulfide) groups is 1. The van der Waals surface area contributed by atoms with E-state index in [2.05, 4.69) is 15.9 Å². The molecule has 2 N–H and O–H groups in total. The Hall–Kier alpha value is -0.240. The van der Waals surface area contributed by atoms with Gasteiger partial charge in [0.2, 0.25) is 10.0 Å². The van der Waals surface area contributed by atoms with E-state index in [1.807, 2.05) is 13.2 Å². The number of hydrogen-bond donors (Lipinski definition) is 1. The third-order valence-electron chi connectivity index (χ3n) is 3.38. The Kier molecular flexibility index (Phi) is 6.37. The molecule has 0 spiro atoms. The monoisotopic (exact) mass is 380 g/mol. The van der Waals surface area contributed by atoms with Crippen molar-refractivity contribution in [1.82, 2.24) is 4.31 Å². The lowest BCUT2D eigenvalue weighted by Gasteiger charge is -2.25. The molecule has 1 aromatic rings. The molecular weight excluding hydrogens is 360 g/mol. The molecule has 0 saturated heterocycles. The molecule has 0 aliphatic heterocycles. The summed E-state index contributed by atoms with van der Waals surface area (Å²) < 4.78 is 27.5. The van der Waals surface area contributed by atoms with Gasteiger partial charge in [-0.3, -0.25) is 0 Å². The van der Waals surface area contributed by atoms with E-state index in [0.717, 1.165) is 12.2 Å². The zero-order chi connectivity index (χ0) is 15.5. The minimum atomic E-state index is -3.53. The molecule has 114 valence electrons. The average molecular weight is 381 g/mol. The zero-order valence-electron chi connectivity index (χ0n) is 12.2. The summed E-state index contributed by atoms with van der Waals surface area (Å²) >= 11 is 5.01. The highest BCUT2D eigenvalue weighted by Crippen LogP contribution is 2.29. The lowest BCUT2D eigenvalue weighted by molar-refractivity contribution is 0.382. The maximum absolute atomic E-state index is 12.7. The number of rotatable bonds is 6. The first kappa shape index (κ1) is 17.8. The van der Waals surface area contributed by atoms with Crippen LogP contribution in [0.5, 0.6) is 0 Å². The van der Waals surface area contributed by atoms with E-state index in [-0.39, 0.29) is 10.9 Å². The molecule has 0 heterocycles. The standard InChI is InChI=1S/C13H21BrN2O2S2/c1-9(5-6-19-4)16(3)20(17,18)13-8-11(14)7-12(15)10(13)2/h7-9H,5-6,15H2,1-4H3. The van der Waals surface area contributed by atoms with Gasteiger partial charge in [-0.2, -0.15) is 16.1 Å². The summed E-state index contributed by atoms with van der Waals surface area (Å²) in [6.07, 6.45) is 2.83. The normalized spacial score (nSPS) is 13.7. The van der Waals surface area contributed by atoms with Gasteiger partial charge in [0.25, 0.3) is 0 Å². The Morgan fingerprint density at radius 3 is 2.60 bits per heavy atom. The summed E-state index contributed by atoms with van der Waals surface area (Å²) in [5.74, 6) is 0.931. The minimum Gasteiger partial charge on any atom is -0.398 e. The summed E-state index contributed by atoms with van der Waals surface area (Å²) in [7, 11) is -1.91. The number of anilines is 1. The second-order valence-corrected chi connectivity index (χ2v) is 8.64. The van der Waals surface area contributed by atoms with E-state index in [1.54, 1.807) is 37.9 Å². The van der Waals surface area contributed by atoms with E-state index in [1.165, 1.54) is 4.31 Å². The highest BCUT2D eigenvalue weighted by molar-refractivity contribution is 9.10. The largest absolute Gasteiger partial charge is 0.398 e. The average Bonchev–Trinajstić information content (AvgIpc) is 2.38. The molecule has 0 saturated carbocycles. The first-order valence-electron chi connectivity index (χ1n) is 6.24. The molecular formula is C13H21BrN2O2S2. The van der Waals surface area contributed by atoms with Gasteiger partial charge >= 0.3 is 0 Å². The summed E-state index contributed by atoms with van der Waals surface area (Å²) in [6.45, 7) is 3.65. The van der Waals surface area contributed by atoms with Crippen LogP contribution in [0.25, 0.3) is 0 Å². The molecule has 20 heavy (non-hydrogen) atoms. The van der Waals surface area contributed by atoms with Crippen molar-refractivity contribution in [2.45, 2.75) is 31.2 Å². The third kappa shape index (κ3) is 3.90. The number of sulfonamides is 1. The molecule has 0 fully saturated rings. The van der Waals surface area contributed by atoms with Gasteiger partial charge < -0.3 is 5.73 Å². The summed E-state index contributed by atoms with van der Waals surface area (Å²) in [6, 6.07) is 3.27. The summed E-state index contributed by atoms with van der Waals surface area (Å²) in [5.41, 5.74) is 6.93. The van der Waals surface area contributed by atoms with Crippen molar-refractivity contribution in [2.75, 3.05) is 24.8 Å². The van der Waals surface area contributed by atoms with Crippen LogP contribution < -0.4 is 5.73 Å². The molecule has 0 bridgehead atoms. The van der Waals surface area contributed by atoms with Crippen LogP contribution in [0, 0.1) is 6.92 Å². The minimum absolute atomic E-state index is 0.0490. The lowest BCUT2D eigenvalue weighted by Crippen LogP contribution is -2.35. The van der Waals surface area contributed by atoms with Crippen molar-refractivity contribution >= 4 is 43.4 Å². The van der Waals surface area contributed by atoms with Crippen molar-refractivity contribution in [3.8, 4) is 0 Å². The third-order valence-corrected chi connectivity index (χ3v) is 6.58. The number of hydrogen-bond acceptors (Lipinski definition) is 4. The molecule has 1 atom stereocenters. The second kappa shape index (κ2) is 7.15. The molecule has 1 unspecified atom stereocenters. The fourth-order valence-electron chi connectivity index (χ4n) is 1.80. The molecule has 0 amide bonds. The van der Waals surface area contributed by atoms with Gasteiger partial charge in [0.15, 0.2) is 0 Å². The van der Waals surface area contributed by atoms with E-state index in [0.29, 0.717) is 15.7 Å². The van der Waals surface area contributed by atoms with Gasteiger partial charge in [-0.15, -0.1) is 0 Å². The fraction of sp³-hybridized carbons (Fsp3) is 0.538. The Balaban J connectivity index is 3.17. The first-order valence-corrected chi connectivity index (χ1v) is 9.87. The van der Waals surface area contributed by atoms with Gasteiger partial charge in [0.05, 0.1) is 4.90 Å². The SMILES string of the molecule is CSCCC(C)N(C)S(=O)(=O)c1cc(Br)cc(N)c1C. The molecule has 0 aliphatic rings. The Labute approximate surface area is 134 Å². The molecule has 1 rings (SSSR count). The molecule has 1 aromatic carbocycles. The summed E-state index contributed by atoms with van der Waals surface area (Å²) in [4.78, 5) is 0.267. The van der Waals surface area contributed by atoms with Crippen LogP contribution in [-0.2, 0) is 10.0 Å². The highest BCUT2D eigenvalue weighted by Gasteiger charge is 2.27. The Bertz CT molecular complexity index is 576. The van der Waals surface area contributed by atoms with Crippen molar-refractivity contribution in [3.05, 3.63) is 22.2 Å². The van der Waals surface area contributed by atoms with Crippen molar-refractivity contribution < 1.29 is 8.42 Å².